The fraction of sp³-hybridized carbons (Fsp3) is 0.333. The van der Waals surface area contributed by atoms with Gasteiger partial charge in [-0.15, -0.1) is 0 Å². The van der Waals surface area contributed by atoms with Crippen LogP contribution < -0.4 is 19.5 Å². The summed E-state index contributed by atoms with van der Waals surface area (Å²) in [6.07, 6.45) is 0.639. The quantitative estimate of drug-likeness (QED) is 0.605. The molecule has 7 heteroatoms. The lowest BCUT2D eigenvalue weighted by Gasteiger charge is -2.16. The van der Waals surface area contributed by atoms with Crippen LogP contribution in [-0.2, 0) is 13.0 Å². The van der Waals surface area contributed by atoms with Crippen LogP contribution in [-0.4, -0.2) is 31.5 Å². The van der Waals surface area contributed by atoms with Gasteiger partial charge < -0.3 is 24.1 Å². The van der Waals surface area contributed by atoms with E-state index in [1.165, 1.54) is 0 Å². The first-order valence-electron chi connectivity index (χ1n) is 9.03. The van der Waals surface area contributed by atoms with Crippen LogP contribution in [0.15, 0.2) is 47.0 Å². The molecule has 3 rings (SSSR count). The van der Waals surface area contributed by atoms with Crippen LogP contribution in [0.2, 0.25) is 0 Å². The Hall–Kier alpha value is -3.06. The number of nitrogens with zero attached hydrogens (tertiary/aromatic N) is 2. The van der Waals surface area contributed by atoms with Crippen LogP contribution in [0.5, 0.6) is 17.2 Å². The standard InChI is InChI=1S/C21H25N3O4/c1-14(21-23-20(24-28-21)10-15-8-6-5-7-9-15)22-13-16-11-18(26-3)19(27-4)12-17(16)25-2/h5-9,11-12,14,22H,10,13H2,1-4H3. The van der Waals surface area contributed by atoms with Crippen LogP contribution >= 0.6 is 0 Å². The third kappa shape index (κ3) is 4.61. The Kier molecular flexibility index (Phi) is 6.49. The average Bonchev–Trinajstić information content (AvgIpc) is 3.20. The largest absolute Gasteiger partial charge is 0.496 e. The van der Waals surface area contributed by atoms with Gasteiger partial charge in [0.2, 0.25) is 5.89 Å². The Morgan fingerprint density at radius 3 is 2.32 bits per heavy atom. The molecule has 2 aromatic carbocycles. The maximum absolute atomic E-state index is 5.47. The van der Waals surface area contributed by atoms with Gasteiger partial charge in [-0.25, -0.2) is 0 Å². The molecule has 0 fully saturated rings. The summed E-state index contributed by atoms with van der Waals surface area (Å²) in [5.41, 5.74) is 2.08. The summed E-state index contributed by atoms with van der Waals surface area (Å²) in [6, 6.07) is 13.7. The maximum atomic E-state index is 5.47. The monoisotopic (exact) mass is 383 g/mol. The van der Waals surface area contributed by atoms with Crippen LogP contribution in [0.1, 0.15) is 35.8 Å². The van der Waals surface area contributed by atoms with E-state index in [4.69, 9.17) is 18.7 Å². The molecule has 0 spiro atoms. The highest BCUT2D eigenvalue weighted by molar-refractivity contribution is 5.50. The Morgan fingerprint density at radius 1 is 0.964 bits per heavy atom. The fourth-order valence-corrected chi connectivity index (χ4v) is 2.87. The second-order valence-corrected chi connectivity index (χ2v) is 6.33. The number of rotatable bonds is 9. The predicted octanol–water partition coefficient (Wildman–Crippen LogP) is 3.54. The SMILES string of the molecule is COc1cc(OC)c(OC)cc1CNC(C)c1nc(Cc2ccccc2)no1. The van der Waals surface area contributed by atoms with E-state index < -0.39 is 0 Å². The van der Waals surface area contributed by atoms with Gasteiger partial charge in [-0.2, -0.15) is 4.98 Å². The van der Waals surface area contributed by atoms with Crippen molar-refractivity contribution in [3.05, 3.63) is 65.3 Å². The molecule has 1 aromatic heterocycles. The van der Waals surface area contributed by atoms with Gasteiger partial charge in [0.05, 0.1) is 27.4 Å². The number of benzene rings is 2. The van der Waals surface area contributed by atoms with E-state index >= 15 is 0 Å². The van der Waals surface area contributed by atoms with Crippen LogP contribution in [0.25, 0.3) is 0 Å². The molecular weight excluding hydrogens is 358 g/mol. The zero-order chi connectivity index (χ0) is 19.9. The smallest absolute Gasteiger partial charge is 0.243 e. The second kappa shape index (κ2) is 9.23. The number of methoxy groups -OCH3 is 3. The van der Waals surface area contributed by atoms with E-state index in [0.717, 1.165) is 11.1 Å². The molecule has 0 radical (unpaired) electrons. The van der Waals surface area contributed by atoms with Crippen LogP contribution in [0, 0.1) is 0 Å². The highest BCUT2D eigenvalue weighted by atomic mass is 16.5. The molecule has 148 valence electrons. The summed E-state index contributed by atoms with van der Waals surface area (Å²) in [4.78, 5) is 4.51. The van der Waals surface area contributed by atoms with Gasteiger partial charge in [0.25, 0.3) is 0 Å². The first-order valence-corrected chi connectivity index (χ1v) is 9.03. The molecule has 3 aromatic rings. The molecule has 1 heterocycles. The topological polar surface area (TPSA) is 78.6 Å². The van der Waals surface area contributed by atoms with E-state index in [0.29, 0.717) is 41.9 Å². The molecule has 7 nitrogen and oxygen atoms in total. The van der Waals surface area contributed by atoms with Gasteiger partial charge in [-0.1, -0.05) is 35.5 Å². The number of ether oxygens (including phenoxy) is 3. The summed E-state index contributed by atoms with van der Waals surface area (Å²) < 4.78 is 21.6. The molecular formula is C21H25N3O4. The Balaban J connectivity index is 1.66. The molecule has 1 N–H and O–H groups in total. The van der Waals surface area contributed by atoms with Crippen molar-refractivity contribution in [2.24, 2.45) is 0 Å². The van der Waals surface area contributed by atoms with Gasteiger partial charge in [0.1, 0.15) is 5.75 Å². The van der Waals surface area contributed by atoms with Crippen molar-refractivity contribution < 1.29 is 18.7 Å². The zero-order valence-electron chi connectivity index (χ0n) is 16.6. The molecule has 1 atom stereocenters. The number of aromatic nitrogens is 2. The van der Waals surface area contributed by atoms with Crippen LogP contribution in [0.3, 0.4) is 0 Å². The van der Waals surface area contributed by atoms with E-state index in [-0.39, 0.29) is 6.04 Å². The van der Waals surface area contributed by atoms with E-state index in [1.807, 2.05) is 49.4 Å². The van der Waals surface area contributed by atoms with Gasteiger partial charge in [-0.3, -0.25) is 0 Å². The summed E-state index contributed by atoms with van der Waals surface area (Å²) >= 11 is 0. The fourth-order valence-electron chi connectivity index (χ4n) is 2.87. The minimum absolute atomic E-state index is 0.116. The lowest BCUT2D eigenvalue weighted by molar-refractivity contribution is 0.332. The normalized spacial score (nSPS) is 11.9. The minimum Gasteiger partial charge on any atom is -0.496 e. The van der Waals surface area contributed by atoms with Crippen molar-refractivity contribution in [2.75, 3.05) is 21.3 Å². The van der Waals surface area contributed by atoms with Gasteiger partial charge >= 0.3 is 0 Å². The molecule has 0 saturated carbocycles. The van der Waals surface area contributed by atoms with Crippen molar-refractivity contribution in [2.45, 2.75) is 25.9 Å². The lowest BCUT2D eigenvalue weighted by atomic mass is 10.1. The molecule has 0 bridgehead atoms. The van der Waals surface area contributed by atoms with Crippen molar-refractivity contribution >= 4 is 0 Å². The zero-order valence-corrected chi connectivity index (χ0v) is 16.6. The minimum atomic E-state index is -0.116. The maximum Gasteiger partial charge on any atom is 0.243 e. The summed E-state index contributed by atoms with van der Waals surface area (Å²) in [5.74, 6) is 3.20. The van der Waals surface area contributed by atoms with Crippen molar-refractivity contribution in [3.8, 4) is 17.2 Å². The highest BCUT2D eigenvalue weighted by Crippen LogP contribution is 2.34. The van der Waals surface area contributed by atoms with E-state index in [2.05, 4.69) is 15.5 Å². The molecule has 1 unspecified atom stereocenters. The highest BCUT2D eigenvalue weighted by Gasteiger charge is 2.17. The van der Waals surface area contributed by atoms with E-state index in [1.54, 1.807) is 21.3 Å². The molecule has 0 saturated heterocycles. The first-order chi connectivity index (χ1) is 13.6. The third-order valence-electron chi connectivity index (χ3n) is 4.44. The van der Waals surface area contributed by atoms with Gasteiger partial charge in [-0.05, 0) is 18.6 Å². The third-order valence-corrected chi connectivity index (χ3v) is 4.44. The Bertz CT molecular complexity index is 896. The summed E-state index contributed by atoms with van der Waals surface area (Å²) in [7, 11) is 4.83. The molecule has 0 aliphatic carbocycles. The predicted molar refractivity (Wildman–Crippen MR) is 105 cm³/mol. The Morgan fingerprint density at radius 2 is 1.64 bits per heavy atom. The van der Waals surface area contributed by atoms with Crippen molar-refractivity contribution in [1.29, 1.82) is 0 Å². The van der Waals surface area contributed by atoms with Crippen molar-refractivity contribution in [3.63, 3.8) is 0 Å². The summed E-state index contributed by atoms with van der Waals surface area (Å²) in [5, 5.41) is 7.47. The lowest BCUT2D eigenvalue weighted by Crippen LogP contribution is -2.19. The summed E-state index contributed by atoms with van der Waals surface area (Å²) in [6.45, 7) is 2.52. The van der Waals surface area contributed by atoms with E-state index in [9.17, 15) is 0 Å². The van der Waals surface area contributed by atoms with Crippen molar-refractivity contribution in [1.82, 2.24) is 15.5 Å². The molecule has 28 heavy (non-hydrogen) atoms. The Labute approximate surface area is 164 Å². The van der Waals surface area contributed by atoms with Gasteiger partial charge in [0, 0.05) is 24.6 Å². The van der Waals surface area contributed by atoms with Crippen LogP contribution in [0.4, 0.5) is 0 Å². The molecule has 0 amide bonds. The number of hydrogen-bond acceptors (Lipinski definition) is 7. The first kappa shape index (κ1) is 19.7. The van der Waals surface area contributed by atoms with Gasteiger partial charge in [0.15, 0.2) is 17.3 Å². The average molecular weight is 383 g/mol. The number of hydrogen-bond donors (Lipinski definition) is 1. The molecule has 0 aliphatic heterocycles. The second-order valence-electron chi connectivity index (χ2n) is 6.33. The number of nitrogens with one attached hydrogen (secondary N) is 1. The molecule has 0 aliphatic rings.